The maximum absolute atomic E-state index is 14.5. The molecule has 2 aromatic rings. The van der Waals surface area contributed by atoms with Crippen molar-refractivity contribution < 1.29 is 19.0 Å². The Morgan fingerprint density at radius 3 is 2.58 bits per heavy atom. The highest BCUT2D eigenvalue weighted by atomic mass is 19.1. The predicted molar refractivity (Wildman–Crippen MR) is 88.6 cm³/mol. The third-order valence-electron chi connectivity index (χ3n) is 4.54. The largest absolute Gasteiger partial charge is 0.497 e. The number of benzene rings is 2. The molecule has 2 unspecified atom stereocenters. The molecule has 126 valence electrons. The fourth-order valence-corrected chi connectivity index (χ4v) is 3.40. The molecule has 0 amide bonds. The van der Waals surface area contributed by atoms with Gasteiger partial charge in [-0.25, -0.2) is 4.39 Å². The van der Waals surface area contributed by atoms with Gasteiger partial charge in [-0.05, 0) is 36.6 Å². The van der Waals surface area contributed by atoms with E-state index in [1.54, 1.807) is 25.3 Å². The molecular weight excluding hydrogens is 309 g/mol. The number of likely N-dealkylation sites (tertiary alicyclic amines) is 1. The lowest BCUT2D eigenvalue weighted by molar-refractivity contribution is -0.142. The van der Waals surface area contributed by atoms with Crippen LogP contribution in [0.1, 0.15) is 30.0 Å². The molecule has 1 heterocycles. The number of aliphatic carboxylic acids is 1. The Bertz CT molecular complexity index is 717. The minimum atomic E-state index is -0.859. The van der Waals surface area contributed by atoms with Crippen LogP contribution in [0.5, 0.6) is 5.75 Å². The molecule has 24 heavy (non-hydrogen) atoms. The van der Waals surface area contributed by atoms with Gasteiger partial charge in [-0.3, -0.25) is 9.69 Å². The predicted octanol–water partition coefficient (Wildman–Crippen LogP) is 3.47. The Kier molecular flexibility index (Phi) is 4.81. The zero-order chi connectivity index (χ0) is 17.1. The Morgan fingerprint density at radius 1 is 1.25 bits per heavy atom. The smallest absolute Gasteiger partial charge is 0.320 e. The Hall–Kier alpha value is -2.40. The second-order valence-corrected chi connectivity index (χ2v) is 5.93. The molecule has 3 rings (SSSR count). The highest BCUT2D eigenvalue weighted by Crippen LogP contribution is 2.36. The molecule has 1 fully saturated rings. The number of nitrogens with zero attached hydrogens (tertiary/aromatic N) is 1. The summed E-state index contributed by atoms with van der Waals surface area (Å²) in [4.78, 5) is 13.5. The molecule has 0 spiro atoms. The van der Waals surface area contributed by atoms with E-state index in [9.17, 15) is 14.3 Å². The summed E-state index contributed by atoms with van der Waals surface area (Å²) in [5, 5.41) is 9.52. The summed E-state index contributed by atoms with van der Waals surface area (Å²) < 4.78 is 19.6. The number of rotatable bonds is 5. The SMILES string of the molecule is COc1ccc(C(c2ccccc2F)N2CCCC2C(=O)O)cc1. The molecule has 1 N–H and O–H groups in total. The lowest BCUT2D eigenvalue weighted by atomic mass is 9.95. The summed E-state index contributed by atoms with van der Waals surface area (Å²) in [5.74, 6) is -0.473. The first-order valence-electron chi connectivity index (χ1n) is 7.98. The number of methoxy groups -OCH3 is 1. The van der Waals surface area contributed by atoms with Crippen LogP contribution in [-0.4, -0.2) is 35.7 Å². The maximum Gasteiger partial charge on any atom is 0.320 e. The van der Waals surface area contributed by atoms with Crippen LogP contribution < -0.4 is 4.74 Å². The summed E-state index contributed by atoms with van der Waals surface area (Å²) in [5.41, 5.74) is 1.35. The third kappa shape index (κ3) is 3.12. The van der Waals surface area contributed by atoms with Gasteiger partial charge in [-0.15, -0.1) is 0 Å². The molecule has 1 saturated heterocycles. The summed E-state index contributed by atoms with van der Waals surface area (Å²) in [7, 11) is 1.59. The van der Waals surface area contributed by atoms with Crippen molar-refractivity contribution >= 4 is 5.97 Å². The standard InChI is InChI=1S/C19H20FNO3/c1-24-14-10-8-13(9-11-14)18(15-5-2-3-6-16(15)20)21-12-4-7-17(21)19(22)23/h2-3,5-6,8-11,17-18H,4,7,12H2,1H3,(H,22,23). The van der Waals surface area contributed by atoms with E-state index in [1.807, 2.05) is 29.2 Å². The highest BCUT2D eigenvalue weighted by molar-refractivity contribution is 5.74. The number of ether oxygens (including phenoxy) is 1. The molecule has 2 atom stereocenters. The van der Waals surface area contributed by atoms with Crippen molar-refractivity contribution in [3.63, 3.8) is 0 Å². The number of hydrogen-bond donors (Lipinski definition) is 1. The van der Waals surface area contributed by atoms with E-state index in [-0.39, 0.29) is 5.82 Å². The van der Waals surface area contributed by atoms with Crippen LogP contribution in [0.2, 0.25) is 0 Å². The number of halogens is 1. The van der Waals surface area contributed by atoms with Crippen molar-refractivity contribution in [3.05, 3.63) is 65.5 Å². The Labute approximate surface area is 140 Å². The van der Waals surface area contributed by atoms with E-state index < -0.39 is 18.1 Å². The molecule has 1 aliphatic rings. The van der Waals surface area contributed by atoms with Crippen LogP contribution in [0.4, 0.5) is 4.39 Å². The van der Waals surface area contributed by atoms with Gasteiger partial charge >= 0.3 is 5.97 Å². The first-order chi connectivity index (χ1) is 11.6. The van der Waals surface area contributed by atoms with Crippen molar-refractivity contribution in [1.82, 2.24) is 4.90 Å². The number of hydrogen-bond acceptors (Lipinski definition) is 3. The normalized spacial score (nSPS) is 19.2. The van der Waals surface area contributed by atoms with Crippen LogP contribution in [-0.2, 0) is 4.79 Å². The molecule has 5 heteroatoms. The van der Waals surface area contributed by atoms with Crippen molar-refractivity contribution in [2.24, 2.45) is 0 Å². The second-order valence-electron chi connectivity index (χ2n) is 5.93. The first-order valence-corrected chi connectivity index (χ1v) is 7.98. The lowest BCUT2D eigenvalue weighted by Gasteiger charge is -2.32. The summed E-state index contributed by atoms with van der Waals surface area (Å²) >= 11 is 0. The van der Waals surface area contributed by atoms with Gasteiger partial charge in [0.05, 0.1) is 13.2 Å². The fourth-order valence-electron chi connectivity index (χ4n) is 3.40. The molecule has 0 radical (unpaired) electrons. The zero-order valence-electron chi connectivity index (χ0n) is 13.5. The van der Waals surface area contributed by atoms with Gasteiger partial charge in [-0.2, -0.15) is 0 Å². The van der Waals surface area contributed by atoms with E-state index in [2.05, 4.69) is 0 Å². The van der Waals surface area contributed by atoms with Gasteiger partial charge in [0.25, 0.3) is 0 Å². The highest BCUT2D eigenvalue weighted by Gasteiger charge is 2.37. The van der Waals surface area contributed by atoms with E-state index in [1.165, 1.54) is 6.07 Å². The molecule has 1 aliphatic heterocycles. The molecule has 0 bridgehead atoms. The van der Waals surface area contributed by atoms with Crippen LogP contribution in [0, 0.1) is 5.82 Å². The zero-order valence-corrected chi connectivity index (χ0v) is 13.5. The fraction of sp³-hybridized carbons (Fsp3) is 0.316. The van der Waals surface area contributed by atoms with E-state index in [0.717, 1.165) is 12.0 Å². The average Bonchev–Trinajstić information content (AvgIpc) is 3.07. The molecule has 0 aliphatic carbocycles. The maximum atomic E-state index is 14.5. The average molecular weight is 329 g/mol. The minimum absolute atomic E-state index is 0.325. The number of carbonyl (C=O) groups is 1. The minimum Gasteiger partial charge on any atom is -0.497 e. The first kappa shape index (κ1) is 16.5. The summed E-state index contributed by atoms with van der Waals surface area (Å²) in [6.45, 7) is 0.627. The summed E-state index contributed by atoms with van der Waals surface area (Å²) in [6, 6.07) is 12.9. The summed E-state index contributed by atoms with van der Waals surface area (Å²) in [6.07, 6.45) is 1.37. The third-order valence-corrected chi connectivity index (χ3v) is 4.54. The molecule has 2 aromatic carbocycles. The van der Waals surface area contributed by atoms with E-state index >= 15 is 0 Å². The van der Waals surface area contributed by atoms with Gasteiger partial charge < -0.3 is 9.84 Å². The van der Waals surface area contributed by atoms with Gasteiger partial charge in [-0.1, -0.05) is 30.3 Å². The van der Waals surface area contributed by atoms with Crippen LogP contribution in [0.15, 0.2) is 48.5 Å². The second kappa shape index (κ2) is 7.01. The monoisotopic (exact) mass is 329 g/mol. The van der Waals surface area contributed by atoms with Crippen LogP contribution in [0.25, 0.3) is 0 Å². The van der Waals surface area contributed by atoms with Gasteiger partial charge in [0.1, 0.15) is 17.6 Å². The molecular formula is C19H20FNO3. The van der Waals surface area contributed by atoms with Crippen molar-refractivity contribution in [2.75, 3.05) is 13.7 Å². The van der Waals surface area contributed by atoms with Gasteiger partial charge in [0.15, 0.2) is 0 Å². The van der Waals surface area contributed by atoms with E-state index in [0.29, 0.717) is 24.3 Å². The van der Waals surface area contributed by atoms with Crippen LogP contribution in [0.3, 0.4) is 0 Å². The Morgan fingerprint density at radius 2 is 1.96 bits per heavy atom. The van der Waals surface area contributed by atoms with E-state index in [4.69, 9.17) is 4.74 Å². The topological polar surface area (TPSA) is 49.8 Å². The Balaban J connectivity index is 2.06. The molecule has 0 saturated carbocycles. The van der Waals surface area contributed by atoms with Crippen molar-refractivity contribution in [2.45, 2.75) is 24.9 Å². The number of carboxylic acids is 1. The van der Waals surface area contributed by atoms with Gasteiger partial charge in [0.2, 0.25) is 0 Å². The van der Waals surface area contributed by atoms with Crippen molar-refractivity contribution in [3.8, 4) is 5.75 Å². The van der Waals surface area contributed by atoms with Gasteiger partial charge in [0, 0.05) is 12.1 Å². The van der Waals surface area contributed by atoms with Crippen molar-refractivity contribution in [1.29, 1.82) is 0 Å². The molecule has 0 aromatic heterocycles. The lowest BCUT2D eigenvalue weighted by Crippen LogP contribution is -2.39. The molecule has 4 nitrogen and oxygen atoms in total. The number of carboxylic acid groups (broad SMARTS) is 1. The van der Waals surface area contributed by atoms with Crippen LogP contribution >= 0.6 is 0 Å². The quantitative estimate of drug-likeness (QED) is 0.912.